The summed E-state index contributed by atoms with van der Waals surface area (Å²) in [5.74, 6) is -0.283. The highest BCUT2D eigenvalue weighted by molar-refractivity contribution is 7.10. The van der Waals surface area contributed by atoms with Crippen LogP contribution in [0.3, 0.4) is 0 Å². The molecule has 0 unspecified atom stereocenters. The monoisotopic (exact) mass is 388 g/mol. The Kier molecular flexibility index (Phi) is 4.27. The van der Waals surface area contributed by atoms with Gasteiger partial charge in [-0.15, -0.1) is 11.3 Å². The van der Waals surface area contributed by atoms with Crippen LogP contribution in [-0.2, 0) is 14.3 Å². The van der Waals surface area contributed by atoms with Crippen LogP contribution in [0.15, 0.2) is 29.6 Å². The van der Waals surface area contributed by atoms with E-state index in [-0.39, 0.29) is 23.2 Å². The molecule has 1 aromatic heterocycles. The van der Waals surface area contributed by atoms with E-state index in [2.05, 4.69) is 0 Å². The molecule has 2 fully saturated rings. The molecule has 2 atom stereocenters. The smallest absolute Gasteiger partial charge is 0.307 e. The van der Waals surface area contributed by atoms with E-state index in [0.29, 0.717) is 25.9 Å². The largest absolute Gasteiger partial charge is 0.458 e. The van der Waals surface area contributed by atoms with Gasteiger partial charge in [-0.3, -0.25) is 14.9 Å². The molecule has 2 saturated heterocycles. The Morgan fingerprint density at radius 1 is 1.30 bits per heavy atom. The van der Waals surface area contributed by atoms with Gasteiger partial charge in [0.05, 0.1) is 35.2 Å². The molecule has 7 nitrogen and oxygen atoms in total. The number of benzene rings is 1. The number of carbonyl (C=O) groups is 1. The van der Waals surface area contributed by atoms with Crippen LogP contribution >= 0.6 is 11.3 Å². The number of rotatable bonds is 3. The third-order valence-electron chi connectivity index (χ3n) is 5.26. The lowest BCUT2D eigenvalue weighted by atomic mass is 9.76. The molecule has 0 aliphatic carbocycles. The Labute approximate surface area is 160 Å². The van der Waals surface area contributed by atoms with Gasteiger partial charge < -0.3 is 9.47 Å². The molecule has 1 aromatic carbocycles. The van der Waals surface area contributed by atoms with Gasteiger partial charge in [0.2, 0.25) is 0 Å². The van der Waals surface area contributed by atoms with Crippen molar-refractivity contribution in [3.05, 3.63) is 44.8 Å². The number of esters is 1. The van der Waals surface area contributed by atoms with Gasteiger partial charge in [0.1, 0.15) is 10.6 Å². The van der Waals surface area contributed by atoms with E-state index in [0.717, 1.165) is 16.3 Å². The maximum Gasteiger partial charge on any atom is 0.307 e. The van der Waals surface area contributed by atoms with Crippen LogP contribution in [0.25, 0.3) is 11.3 Å². The second-order valence-corrected chi connectivity index (χ2v) is 8.60. The average molecular weight is 388 g/mol. The summed E-state index contributed by atoms with van der Waals surface area (Å²) in [4.78, 5) is 27.3. The Bertz CT molecular complexity index is 892. The van der Waals surface area contributed by atoms with E-state index in [4.69, 9.17) is 14.5 Å². The van der Waals surface area contributed by atoms with E-state index in [1.807, 2.05) is 19.2 Å². The highest BCUT2D eigenvalue weighted by Crippen LogP contribution is 2.51. The normalized spacial score (nSPS) is 26.9. The van der Waals surface area contributed by atoms with Crippen LogP contribution in [0.2, 0.25) is 0 Å². The van der Waals surface area contributed by atoms with Crippen LogP contribution in [0, 0.1) is 10.1 Å². The summed E-state index contributed by atoms with van der Waals surface area (Å²) >= 11 is 1.50. The van der Waals surface area contributed by atoms with E-state index < -0.39 is 10.5 Å². The van der Waals surface area contributed by atoms with Crippen LogP contribution in [0.1, 0.15) is 44.0 Å². The lowest BCUT2D eigenvalue weighted by Crippen LogP contribution is -2.48. The minimum absolute atomic E-state index is 0.0485. The molecule has 27 heavy (non-hydrogen) atoms. The maximum absolute atomic E-state index is 12.1. The van der Waals surface area contributed by atoms with Crippen molar-refractivity contribution in [3.8, 4) is 11.3 Å². The molecule has 0 saturated carbocycles. The summed E-state index contributed by atoms with van der Waals surface area (Å²) in [5, 5.41) is 13.6. The summed E-state index contributed by atoms with van der Waals surface area (Å²) in [7, 11) is 0. The number of non-ortho nitro benzene ring substituents is 1. The molecular weight excluding hydrogens is 368 g/mol. The van der Waals surface area contributed by atoms with Crippen molar-refractivity contribution in [1.82, 2.24) is 4.98 Å². The van der Waals surface area contributed by atoms with E-state index in [1.54, 1.807) is 12.1 Å². The van der Waals surface area contributed by atoms with Gasteiger partial charge >= 0.3 is 5.97 Å². The fraction of sp³-hybridized carbons (Fsp3) is 0.474. The number of ether oxygens (including phenoxy) is 2. The van der Waals surface area contributed by atoms with Crippen molar-refractivity contribution < 1.29 is 19.2 Å². The zero-order valence-corrected chi connectivity index (χ0v) is 16.0. The van der Waals surface area contributed by atoms with Crippen molar-refractivity contribution in [2.24, 2.45) is 0 Å². The zero-order valence-electron chi connectivity index (χ0n) is 15.1. The Balaban J connectivity index is 1.63. The van der Waals surface area contributed by atoms with Gasteiger partial charge in [-0.25, -0.2) is 4.98 Å². The van der Waals surface area contributed by atoms with Gasteiger partial charge in [0.15, 0.2) is 0 Å². The Hall–Kier alpha value is -2.32. The summed E-state index contributed by atoms with van der Waals surface area (Å²) in [5.41, 5.74) is 0.705. The molecule has 8 heteroatoms. The van der Waals surface area contributed by atoms with Gasteiger partial charge in [-0.2, -0.15) is 0 Å². The predicted molar refractivity (Wildman–Crippen MR) is 99.7 cm³/mol. The number of hydrogen-bond donors (Lipinski definition) is 0. The first kappa shape index (κ1) is 18.1. The fourth-order valence-corrected chi connectivity index (χ4v) is 5.12. The number of hydrogen-bond acceptors (Lipinski definition) is 7. The van der Waals surface area contributed by atoms with Crippen molar-refractivity contribution in [2.75, 3.05) is 6.61 Å². The Morgan fingerprint density at radius 3 is 2.70 bits per heavy atom. The van der Waals surface area contributed by atoms with Crippen molar-refractivity contribution in [3.63, 3.8) is 0 Å². The van der Waals surface area contributed by atoms with E-state index >= 15 is 0 Å². The number of thiazole rings is 1. The van der Waals surface area contributed by atoms with Crippen LogP contribution in [-0.4, -0.2) is 33.7 Å². The van der Waals surface area contributed by atoms with Crippen molar-refractivity contribution in [1.29, 1.82) is 0 Å². The standard InChI is InChI=1S/C19H20N2O5S/c1-18(2)11-19(7-8-25-18)14(9-16(22)26-19)17-20-15(10-27-17)12-3-5-13(6-4-12)21(23)24/h3-6,10,14H,7-9,11H2,1-2H3/t14-,19-/m1/s1. The maximum atomic E-state index is 12.1. The molecule has 142 valence electrons. The molecular formula is C19H20N2O5S. The van der Waals surface area contributed by atoms with Gasteiger partial charge in [-0.1, -0.05) is 0 Å². The number of nitro benzene ring substituents is 1. The van der Waals surface area contributed by atoms with Crippen LogP contribution < -0.4 is 0 Å². The highest BCUT2D eigenvalue weighted by atomic mass is 32.1. The van der Waals surface area contributed by atoms with Crippen molar-refractivity contribution >= 4 is 23.0 Å². The first-order valence-corrected chi connectivity index (χ1v) is 9.72. The fourth-order valence-electron chi connectivity index (χ4n) is 4.08. The number of carbonyl (C=O) groups excluding carboxylic acids is 1. The lowest BCUT2D eigenvalue weighted by molar-refractivity contribution is -0.384. The molecule has 1 spiro atoms. The third kappa shape index (κ3) is 3.35. The molecule has 0 bridgehead atoms. The lowest BCUT2D eigenvalue weighted by Gasteiger charge is -2.43. The SMILES string of the molecule is CC1(C)C[C@@]2(CCO1)OC(=O)C[C@@H]2c1nc(-c2ccc([N+](=O)[O-])cc2)cs1. The average Bonchev–Trinajstić information content (AvgIpc) is 3.18. The third-order valence-corrected chi connectivity index (χ3v) is 6.22. The molecule has 0 radical (unpaired) electrons. The summed E-state index contributed by atoms with van der Waals surface area (Å²) in [6, 6.07) is 6.33. The Morgan fingerprint density at radius 2 is 2.04 bits per heavy atom. The first-order valence-electron chi connectivity index (χ1n) is 8.84. The zero-order chi connectivity index (χ0) is 19.2. The highest BCUT2D eigenvalue weighted by Gasteiger charge is 2.55. The second kappa shape index (κ2) is 6.38. The summed E-state index contributed by atoms with van der Waals surface area (Å²) < 4.78 is 11.6. The van der Waals surface area contributed by atoms with Gasteiger partial charge in [0, 0.05) is 35.9 Å². The minimum Gasteiger partial charge on any atom is -0.458 e. The number of aromatic nitrogens is 1. The van der Waals surface area contributed by atoms with Crippen LogP contribution in [0.4, 0.5) is 5.69 Å². The first-order chi connectivity index (χ1) is 12.8. The molecule has 0 amide bonds. The van der Waals surface area contributed by atoms with Crippen LogP contribution in [0.5, 0.6) is 0 Å². The quantitative estimate of drug-likeness (QED) is 0.447. The summed E-state index contributed by atoms with van der Waals surface area (Å²) in [6.45, 7) is 4.58. The number of nitro groups is 1. The molecule has 2 aromatic rings. The van der Waals surface area contributed by atoms with Gasteiger partial charge in [-0.05, 0) is 26.0 Å². The number of nitrogens with zero attached hydrogens (tertiary/aromatic N) is 2. The topological polar surface area (TPSA) is 91.6 Å². The van der Waals surface area contributed by atoms with E-state index in [9.17, 15) is 14.9 Å². The minimum atomic E-state index is -0.566. The molecule has 3 heterocycles. The molecule has 2 aliphatic heterocycles. The molecule has 0 N–H and O–H groups in total. The molecule has 4 rings (SSSR count). The molecule has 2 aliphatic rings. The van der Waals surface area contributed by atoms with Gasteiger partial charge in [0.25, 0.3) is 5.69 Å². The predicted octanol–water partition coefficient (Wildman–Crippen LogP) is 4.08. The van der Waals surface area contributed by atoms with Crippen molar-refractivity contribution in [2.45, 2.75) is 50.2 Å². The second-order valence-electron chi connectivity index (χ2n) is 7.71. The summed E-state index contributed by atoms with van der Waals surface area (Å²) in [6.07, 6.45) is 1.63. The van der Waals surface area contributed by atoms with E-state index in [1.165, 1.54) is 23.5 Å².